The van der Waals surface area contributed by atoms with Gasteiger partial charge in [-0.05, 0) is 57.0 Å². The van der Waals surface area contributed by atoms with E-state index in [-0.39, 0.29) is 5.54 Å². The van der Waals surface area contributed by atoms with Gasteiger partial charge in [-0.15, -0.1) is 0 Å². The van der Waals surface area contributed by atoms with Gasteiger partial charge in [0, 0.05) is 12.1 Å². The number of nitrogens with two attached hydrogens (primary N) is 1. The molecule has 1 fully saturated rings. The number of nitrogens with zero attached hydrogens (tertiary/aromatic N) is 1. The van der Waals surface area contributed by atoms with E-state index in [9.17, 15) is 0 Å². The first-order chi connectivity index (χ1) is 8.00. The van der Waals surface area contributed by atoms with Gasteiger partial charge in [-0.3, -0.25) is 0 Å². The summed E-state index contributed by atoms with van der Waals surface area (Å²) in [4.78, 5) is 2.61. The molecule has 1 aliphatic rings. The second-order valence-electron chi connectivity index (χ2n) is 6.28. The zero-order valence-electron chi connectivity index (χ0n) is 12.3. The molecule has 1 unspecified atom stereocenters. The van der Waals surface area contributed by atoms with Gasteiger partial charge in [0.25, 0.3) is 0 Å². The van der Waals surface area contributed by atoms with Crippen LogP contribution < -0.4 is 5.73 Å². The molecule has 1 aliphatic heterocycles. The number of hydrogen-bond acceptors (Lipinski definition) is 2. The summed E-state index contributed by atoms with van der Waals surface area (Å²) in [6.45, 7) is 12.8. The molecule has 2 N–H and O–H groups in total. The van der Waals surface area contributed by atoms with Crippen LogP contribution in [0.5, 0.6) is 0 Å². The van der Waals surface area contributed by atoms with Crippen molar-refractivity contribution < 1.29 is 0 Å². The highest BCUT2D eigenvalue weighted by atomic mass is 15.1. The van der Waals surface area contributed by atoms with Crippen LogP contribution in [0.25, 0.3) is 0 Å². The van der Waals surface area contributed by atoms with E-state index in [4.69, 9.17) is 5.73 Å². The average Bonchev–Trinajstić information content (AvgIpc) is 2.54. The Morgan fingerprint density at radius 1 is 1.18 bits per heavy atom. The van der Waals surface area contributed by atoms with Crippen LogP contribution in [0.3, 0.4) is 0 Å². The maximum absolute atomic E-state index is 6.43. The minimum Gasteiger partial charge on any atom is -0.324 e. The highest BCUT2D eigenvalue weighted by Crippen LogP contribution is 2.25. The highest BCUT2D eigenvalue weighted by molar-refractivity contribution is 4.86. The third-order valence-electron chi connectivity index (χ3n) is 4.75. The first kappa shape index (κ1) is 15.0. The molecule has 2 nitrogen and oxygen atoms in total. The first-order valence-electron chi connectivity index (χ1n) is 7.52. The van der Waals surface area contributed by atoms with E-state index < -0.39 is 0 Å². The lowest BCUT2D eigenvalue weighted by Gasteiger charge is -2.33. The number of hydrogen-bond donors (Lipinski definition) is 1. The van der Waals surface area contributed by atoms with Gasteiger partial charge in [0.1, 0.15) is 0 Å². The normalized spacial score (nSPS) is 24.0. The standard InChI is InChI=1S/C15H32N2/c1-5-15(16,6-2)12-17-10-7-8-14(9-11-17)13(3)4/h13-14H,5-12,16H2,1-4H3. The zero-order chi connectivity index (χ0) is 12.9. The summed E-state index contributed by atoms with van der Waals surface area (Å²) in [7, 11) is 0. The molecule has 0 radical (unpaired) electrons. The van der Waals surface area contributed by atoms with Crippen LogP contribution >= 0.6 is 0 Å². The van der Waals surface area contributed by atoms with Crippen molar-refractivity contribution >= 4 is 0 Å². The Balaban J connectivity index is 2.46. The van der Waals surface area contributed by atoms with Crippen molar-refractivity contribution in [2.45, 2.75) is 65.3 Å². The molecule has 1 saturated heterocycles. The molecule has 0 bridgehead atoms. The predicted molar refractivity (Wildman–Crippen MR) is 76.1 cm³/mol. The Morgan fingerprint density at radius 3 is 2.35 bits per heavy atom. The van der Waals surface area contributed by atoms with Crippen LogP contribution in [0.2, 0.25) is 0 Å². The van der Waals surface area contributed by atoms with Crippen molar-refractivity contribution in [2.75, 3.05) is 19.6 Å². The number of rotatable bonds is 5. The summed E-state index contributed by atoms with van der Waals surface area (Å²) in [5, 5.41) is 0. The molecular formula is C15H32N2. The minimum absolute atomic E-state index is 0.0394. The molecule has 0 aromatic heterocycles. The van der Waals surface area contributed by atoms with Crippen molar-refractivity contribution in [3.63, 3.8) is 0 Å². The van der Waals surface area contributed by atoms with Crippen LogP contribution in [0, 0.1) is 11.8 Å². The molecule has 1 heterocycles. The third kappa shape index (κ3) is 4.59. The summed E-state index contributed by atoms with van der Waals surface area (Å²) < 4.78 is 0. The lowest BCUT2D eigenvalue weighted by atomic mass is 9.89. The lowest BCUT2D eigenvalue weighted by molar-refractivity contribution is 0.200. The van der Waals surface area contributed by atoms with E-state index in [1.807, 2.05) is 0 Å². The van der Waals surface area contributed by atoms with Gasteiger partial charge in [0.15, 0.2) is 0 Å². The van der Waals surface area contributed by atoms with Crippen molar-refractivity contribution in [3.05, 3.63) is 0 Å². The quantitative estimate of drug-likeness (QED) is 0.799. The van der Waals surface area contributed by atoms with E-state index in [2.05, 4.69) is 32.6 Å². The van der Waals surface area contributed by atoms with E-state index in [1.54, 1.807) is 0 Å². The largest absolute Gasteiger partial charge is 0.324 e. The minimum atomic E-state index is 0.0394. The molecule has 0 saturated carbocycles. The summed E-state index contributed by atoms with van der Waals surface area (Å²) in [6.07, 6.45) is 6.30. The topological polar surface area (TPSA) is 29.3 Å². The Labute approximate surface area is 108 Å². The van der Waals surface area contributed by atoms with Gasteiger partial charge < -0.3 is 10.6 Å². The Morgan fingerprint density at radius 2 is 1.82 bits per heavy atom. The molecule has 0 spiro atoms. The van der Waals surface area contributed by atoms with Gasteiger partial charge in [0.2, 0.25) is 0 Å². The van der Waals surface area contributed by atoms with Crippen LogP contribution in [-0.4, -0.2) is 30.1 Å². The Hall–Kier alpha value is -0.0800. The summed E-state index contributed by atoms with van der Waals surface area (Å²) in [5.74, 6) is 1.77. The molecule has 0 aromatic carbocycles. The van der Waals surface area contributed by atoms with E-state index >= 15 is 0 Å². The Bertz CT molecular complexity index is 209. The molecule has 0 amide bonds. The van der Waals surface area contributed by atoms with E-state index in [0.717, 1.165) is 31.2 Å². The molecule has 0 aromatic rings. The van der Waals surface area contributed by atoms with Crippen molar-refractivity contribution in [1.82, 2.24) is 4.90 Å². The van der Waals surface area contributed by atoms with Crippen LogP contribution in [0.1, 0.15) is 59.8 Å². The van der Waals surface area contributed by atoms with Gasteiger partial charge in [-0.1, -0.05) is 27.7 Å². The Kier molecular flexibility index (Phi) is 5.94. The van der Waals surface area contributed by atoms with Gasteiger partial charge in [0.05, 0.1) is 0 Å². The second kappa shape index (κ2) is 6.75. The van der Waals surface area contributed by atoms with Crippen molar-refractivity contribution in [3.8, 4) is 0 Å². The fourth-order valence-corrected chi connectivity index (χ4v) is 2.93. The zero-order valence-corrected chi connectivity index (χ0v) is 12.3. The fraction of sp³-hybridized carbons (Fsp3) is 1.00. The summed E-state index contributed by atoms with van der Waals surface area (Å²) >= 11 is 0. The summed E-state index contributed by atoms with van der Waals surface area (Å²) in [5.41, 5.74) is 6.47. The number of likely N-dealkylation sites (tertiary alicyclic amines) is 1. The molecule has 1 rings (SSSR count). The van der Waals surface area contributed by atoms with Crippen LogP contribution in [-0.2, 0) is 0 Å². The van der Waals surface area contributed by atoms with Gasteiger partial charge in [-0.2, -0.15) is 0 Å². The highest BCUT2D eigenvalue weighted by Gasteiger charge is 2.26. The average molecular weight is 240 g/mol. The van der Waals surface area contributed by atoms with Gasteiger partial charge in [-0.25, -0.2) is 0 Å². The maximum atomic E-state index is 6.43. The fourth-order valence-electron chi connectivity index (χ4n) is 2.93. The van der Waals surface area contributed by atoms with Crippen LogP contribution in [0.15, 0.2) is 0 Å². The maximum Gasteiger partial charge on any atom is 0.0278 e. The first-order valence-corrected chi connectivity index (χ1v) is 7.52. The third-order valence-corrected chi connectivity index (χ3v) is 4.75. The second-order valence-corrected chi connectivity index (χ2v) is 6.28. The molecule has 17 heavy (non-hydrogen) atoms. The SMILES string of the molecule is CCC(N)(CC)CN1CCCC(C(C)C)CC1. The summed E-state index contributed by atoms with van der Waals surface area (Å²) in [6, 6.07) is 0. The van der Waals surface area contributed by atoms with Crippen molar-refractivity contribution in [1.29, 1.82) is 0 Å². The van der Waals surface area contributed by atoms with E-state index in [0.29, 0.717) is 0 Å². The smallest absolute Gasteiger partial charge is 0.0278 e. The lowest BCUT2D eigenvalue weighted by Crippen LogP contribution is -2.49. The molecule has 102 valence electrons. The molecule has 0 aliphatic carbocycles. The van der Waals surface area contributed by atoms with Crippen LogP contribution in [0.4, 0.5) is 0 Å². The predicted octanol–water partition coefficient (Wildman–Crippen LogP) is 3.26. The molecular weight excluding hydrogens is 208 g/mol. The molecule has 2 heteroatoms. The monoisotopic (exact) mass is 240 g/mol. The van der Waals surface area contributed by atoms with Gasteiger partial charge >= 0.3 is 0 Å². The van der Waals surface area contributed by atoms with Crippen molar-refractivity contribution in [2.24, 2.45) is 17.6 Å². The van der Waals surface area contributed by atoms with E-state index in [1.165, 1.54) is 32.4 Å². The molecule has 1 atom stereocenters.